The maximum Gasteiger partial charge on any atom is 0.311 e. The van der Waals surface area contributed by atoms with Gasteiger partial charge in [0.1, 0.15) is 5.82 Å². The van der Waals surface area contributed by atoms with Crippen LogP contribution in [0.5, 0.6) is 0 Å². The maximum atomic E-state index is 10.5. The van der Waals surface area contributed by atoms with Gasteiger partial charge in [0.25, 0.3) is 0 Å². The summed E-state index contributed by atoms with van der Waals surface area (Å²) in [5.41, 5.74) is 5.34. The highest BCUT2D eigenvalue weighted by atomic mass is 16.6. The highest BCUT2D eigenvalue weighted by molar-refractivity contribution is 5.57. The molecule has 0 aliphatic rings. The molecule has 15 heavy (non-hydrogen) atoms. The van der Waals surface area contributed by atoms with Crippen molar-refractivity contribution in [2.24, 2.45) is 0 Å². The molecule has 0 aliphatic heterocycles. The number of hydrogen-bond acceptors (Lipinski definition) is 5. The molecule has 0 atom stereocenters. The van der Waals surface area contributed by atoms with E-state index in [1.54, 1.807) is 6.07 Å². The van der Waals surface area contributed by atoms with Crippen LogP contribution in [0.25, 0.3) is 0 Å². The van der Waals surface area contributed by atoms with Crippen molar-refractivity contribution in [2.75, 3.05) is 23.7 Å². The van der Waals surface area contributed by atoms with Gasteiger partial charge < -0.3 is 10.6 Å². The summed E-state index contributed by atoms with van der Waals surface area (Å²) in [6.07, 6.45) is 0. The first-order valence-electron chi connectivity index (χ1n) is 4.76. The maximum absolute atomic E-state index is 10.5. The molecule has 0 unspecified atom stereocenters. The molecule has 6 heteroatoms. The number of nitrogen functional groups attached to an aromatic ring is 1. The third-order valence-corrected chi connectivity index (χ3v) is 2.17. The summed E-state index contributed by atoms with van der Waals surface area (Å²) >= 11 is 0. The van der Waals surface area contributed by atoms with E-state index in [1.165, 1.54) is 6.07 Å². The summed E-state index contributed by atoms with van der Waals surface area (Å²) in [5, 5.41) is 10.5. The van der Waals surface area contributed by atoms with Gasteiger partial charge in [-0.3, -0.25) is 10.1 Å². The number of hydrogen-bond donors (Lipinski definition) is 1. The first kappa shape index (κ1) is 11.2. The molecule has 0 spiro atoms. The lowest BCUT2D eigenvalue weighted by atomic mass is 10.3. The van der Waals surface area contributed by atoms with Crippen molar-refractivity contribution >= 4 is 17.3 Å². The monoisotopic (exact) mass is 210 g/mol. The fourth-order valence-corrected chi connectivity index (χ4v) is 1.33. The van der Waals surface area contributed by atoms with Gasteiger partial charge in [0.15, 0.2) is 0 Å². The second-order valence-electron chi connectivity index (χ2n) is 3.00. The van der Waals surface area contributed by atoms with Crippen molar-refractivity contribution in [1.29, 1.82) is 0 Å². The van der Waals surface area contributed by atoms with Crippen molar-refractivity contribution in [1.82, 2.24) is 4.98 Å². The number of nitrogens with two attached hydrogens (primary N) is 1. The smallest absolute Gasteiger partial charge is 0.311 e. The van der Waals surface area contributed by atoms with Crippen LogP contribution in [-0.4, -0.2) is 23.0 Å². The van der Waals surface area contributed by atoms with Crippen LogP contribution in [0.3, 0.4) is 0 Å². The highest BCUT2D eigenvalue weighted by Gasteiger charge is 2.14. The molecule has 0 aromatic carbocycles. The topological polar surface area (TPSA) is 85.3 Å². The van der Waals surface area contributed by atoms with E-state index in [0.717, 1.165) is 13.1 Å². The lowest BCUT2D eigenvalue weighted by molar-refractivity contribution is -0.384. The summed E-state index contributed by atoms with van der Waals surface area (Å²) in [4.78, 5) is 16.0. The third kappa shape index (κ3) is 2.34. The number of nitro groups is 1. The summed E-state index contributed by atoms with van der Waals surface area (Å²) in [6, 6.07) is 3.00. The Balaban J connectivity index is 3.05. The van der Waals surface area contributed by atoms with E-state index in [1.807, 2.05) is 18.7 Å². The van der Waals surface area contributed by atoms with Gasteiger partial charge in [0, 0.05) is 19.2 Å². The second kappa shape index (κ2) is 4.59. The van der Waals surface area contributed by atoms with Gasteiger partial charge in [0.05, 0.1) is 4.92 Å². The Labute approximate surface area is 87.9 Å². The summed E-state index contributed by atoms with van der Waals surface area (Å²) in [6.45, 7) is 5.56. The molecule has 0 bridgehead atoms. The molecule has 0 saturated heterocycles. The lowest BCUT2D eigenvalue weighted by Crippen LogP contribution is -2.23. The lowest BCUT2D eigenvalue weighted by Gasteiger charge is -2.19. The van der Waals surface area contributed by atoms with Crippen molar-refractivity contribution in [3.8, 4) is 0 Å². The van der Waals surface area contributed by atoms with E-state index >= 15 is 0 Å². The quantitative estimate of drug-likeness (QED) is 0.600. The number of rotatable bonds is 4. The Morgan fingerprint density at radius 2 is 2.07 bits per heavy atom. The first-order chi connectivity index (χ1) is 7.10. The van der Waals surface area contributed by atoms with Crippen LogP contribution in [0.2, 0.25) is 0 Å². The second-order valence-corrected chi connectivity index (χ2v) is 3.00. The Morgan fingerprint density at radius 1 is 1.47 bits per heavy atom. The molecule has 0 fully saturated rings. The SMILES string of the molecule is CCN(CC)c1ccc([N+](=O)[O-])c(N)n1. The summed E-state index contributed by atoms with van der Waals surface area (Å²) in [7, 11) is 0. The first-order valence-corrected chi connectivity index (χ1v) is 4.76. The highest BCUT2D eigenvalue weighted by Crippen LogP contribution is 2.22. The van der Waals surface area contributed by atoms with Gasteiger partial charge in [-0.15, -0.1) is 0 Å². The average molecular weight is 210 g/mol. The fraction of sp³-hybridized carbons (Fsp3) is 0.444. The van der Waals surface area contributed by atoms with Gasteiger partial charge >= 0.3 is 5.69 Å². The number of aromatic nitrogens is 1. The van der Waals surface area contributed by atoms with E-state index in [9.17, 15) is 10.1 Å². The largest absolute Gasteiger partial charge is 0.378 e. The molecular formula is C9H14N4O2. The van der Waals surface area contributed by atoms with E-state index in [4.69, 9.17) is 5.73 Å². The zero-order chi connectivity index (χ0) is 11.4. The van der Waals surface area contributed by atoms with Crippen LogP contribution < -0.4 is 10.6 Å². The van der Waals surface area contributed by atoms with Crippen LogP contribution in [-0.2, 0) is 0 Å². The van der Waals surface area contributed by atoms with Crippen molar-refractivity contribution in [3.05, 3.63) is 22.2 Å². The minimum atomic E-state index is -0.533. The standard InChI is InChI=1S/C9H14N4O2/c1-3-12(4-2)8-6-5-7(13(14)15)9(10)11-8/h5-6H,3-4H2,1-2H3,(H2,10,11). The van der Waals surface area contributed by atoms with Crippen LogP contribution in [0, 0.1) is 10.1 Å². The molecule has 1 aromatic rings. The zero-order valence-corrected chi connectivity index (χ0v) is 8.80. The van der Waals surface area contributed by atoms with Crippen LogP contribution in [0.15, 0.2) is 12.1 Å². The van der Waals surface area contributed by atoms with Gasteiger partial charge in [-0.25, -0.2) is 4.98 Å². The molecule has 0 saturated carbocycles. The van der Waals surface area contributed by atoms with E-state index < -0.39 is 4.92 Å². The predicted molar refractivity (Wildman–Crippen MR) is 58.9 cm³/mol. The van der Waals surface area contributed by atoms with Gasteiger partial charge in [0.2, 0.25) is 5.82 Å². The van der Waals surface area contributed by atoms with Gasteiger partial charge in [-0.2, -0.15) is 0 Å². The molecular weight excluding hydrogens is 196 g/mol. The minimum absolute atomic E-state index is 0.0376. The Morgan fingerprint density at radius 3 is 2.47 bits per heavy atom. The Bertz CT molecular complexity index is 363. The van der Waals surface area contributed by atoms with E-state index in [-0.39, 0.29) is 11.5 Å². The zero-order valence-electron chi connectivity index (χ0n) is 8.80. The number of nitrogens with zero attached hydrogens (tertiary/aromatic N) is 3. The van der Waals surface area contributed by atoms with Crippen LogP contribution in [0.4, 0.5) is 17.3 Å². The molecule has 82 valence electrons. The van der Waals surface area contributed by atoms with Crippen LogP contribution >= 0.6 is 0 Å². The molecule has 2 N–H and O–H groups in total. The average Bonchev–Trinajstić information content (AvgIpc) is 2.19. The Hall–Kier alpha value is -1.85. The molecule has 0 aliphatic carbocycles. The van der Waals surface area contributed by atoms with E-state index in [2.05, 4.69) is 4.98 Å². The molecule has 6 nitrogen and oxygen atoms in total. The predicted octanol–water partition coefficient (Wildman–Crippen LogP) is 1.42. The molecule has 0 radical (unpaired) electrons. The molecule has 1 heterocycles. The fourth-order valence-electron chi connectivity index (χ4n) is 1.33. The molecule has 1 aromatic heterocycles. The number of pyridine rings is 1. The van der Waals surface area contributed by atoms with Gasteiger partial charge in [-0.05, 0) is 19.9 Å². The van der Waals surface area contributed by atoms with E-state index in [0.29, 0.717) is 5.82 Å². The Kier molecular flexibility index (Phi) is 3.43. The van der Waals surface area contributed by atoms with Crippen molar-refractivity contribution in [3.63, 3.8) is 0 Å². The van der Waals surface area contributed by atoms with Crippen LogP contribution in [0.1, 0.15) is 13.8 Å². The summed E-state index contributed by atoms with van der Waals surface area (Å²) < 4.78 is 0. The van der Waals surface area contributed by atoms with Crippen molar-refractivity contribution in [2.45, 2.75) is 13.8 Å². The molecule has 0 amide bonds. The van der Waals surface area contributed by atoms with Gasteiger partial charge in [-0.1, -0.05) is 0 Å². The minimum Gasteiger partial charge on any atom is -0.378 e. The molecule has 1 rings (SSSR count). The number of anilines is 2. The third-order valence-electron chi connectivity index (χ3n) is 2.17. The summed E-state index contributed by atoms with van der Waals surface area (Å²) in [5.74, 6) is 0.632. The van der Waals surface area contributed by atoms with Crippen molar-refractivity contribution < 1.29 is 4.92 Å². The normalized spacial score (nSPS) is 10.0.